The molecular weight excluding hydrogens is 246 g/mol. The third-order valence-electron chi connectivity index (χ3n) is 1.09. The maximum absolute atomic E-state index is 3.17. The Morgan fingerprint density at radius 2 is 1.56 bits per heavy atom. The van der Waals surface area contributed by atoms with Crippen molar-refractivity contribution in [2.45, 2.75) is 13.8 Å². The van der Waals surface area contributed by atoms with Crippen LogP contribution < -0.4 is 0 Å². The van der Waals surface area contributed by atoms with Gasteiger partial charge in [0.2, 0.25) is 0 Å². The van der Waals surface area contributed by atoms with Crippen LogP contribution in [0.15, 0.2) is 18.2 Å². The average molecular weight is 256 g/mol. The number of benzene rings is 1. The number of hydrogen-bond acceptors (Lipinski definition) is 0. The SMILES string of the molecule is Cc1[c-]c(C)ccc1.[Sm]. The zero-order valence-corrected chi connectivity index (χ0v) is 8.26. The van der Waals surface area contributed by atoms with Crippen LogP contribution in [0.1, 0.15) is 11.1 Å². The first-order valence-corrected chi connectivity index (χ1v) is 2.74. The average Bonchev–Trinajstić information content (AvgIpc) is 1.64. The zero-order chi connectivity index (χ0) is 5.98. The third-order valence-corrected chi connectivity index (χ3v) is 1.09. The van der Waals surface area contributed by atoms with Crippen LogP contribution in [0, 0.1) is 60.3 Å². The maximum Gasteiger partial charge on any atom is 0 e. The van der Waals surface area contributed by atoms with Crippen LogP contribution in [0.4, 0.5) is 0 Å². The van der Waals surface area contributed by atoms with E-state index < -0.39 is 0 Å². The molecule has 1 heteroatoms. The summed E-state index contributed by atoms with van der Waals surface area (Å²) in [6.07, 6.45) is 0. The van der Waals surface area contributed by atoms with E-state index >= 15 is 0 Å². The van der Waals surface area contributed by atoms with Crippen LogP contribution in [-0.2, 0) is 0 Å². The van der Waals surface area contributed by atoms with Crippen molar-refractivity contribution in [3.63, 3.8) is 0 Å². The molecule has 9 heavy (non-hydrogen) atoms. The van der Waals surface area contributed by atoms with Crippen LogP contribution in [0.5, 0.6) is 0 Å². The summed E-state index contributed by atoms with van der Waals surface area (Å²) in [5.74, 6) is 0. The minimum absolute atomic E-state index is 0. The fourth-order valence-electron chi connectivity index (χ4n) is 0.731. The van der Waals surface area contributed by atoms with Gasteiger partial charge in [-0.05, 0) is 0 Å². The Hall–Kier alpha value is 0.558. The number of rotatable bonds is 0. The van der Waals surface area contributed by atoms with Gasteiger partial charge in [-0.3, -0.25) is 0 Å². The van der Waals surface area contributed by atoms with Gasteiger partial charge >= 0.3 is 0 Å². The van der Waals surface area contributed by atoms with Crippen LogP contribution in [0.2, 0.25) is 0 Å². The summed E-state index contributed by atoms with van der Waals surface area (Å²) in [6.45, 7) is 4.10. The van der Waals surface area contributed by atoms with E-state index in [1.165, 1.54) is 11.1 Å². The molecule has 0 nitrogen and oxygen atoms in total. The van der Waals surface area contributed by atoms with Crippen molar-refractivity contribution in [2.75, 3.05) is 0 Å². The first-order valence-electron chi connectivity index (χ1n) is 2.74. The van der Waals surface area contributed by atoms with Gasteiger partial charge in [-0.25, -0.2) is 0 Å². The van der Waals surface area contributed by atoms with Crippen molar-refractivity contribution in [3.8, 4) is 0 Å². The van der Waals surface area contributed by atoms with Crippen LogP contribution >= 0.6 is 0 Å². The van der Waals surface area contributed by atoms with Crippen LogP contribution in [0.3, 0.4) is 0 Å². The molecule has 0 heterocycles. The van der Waals surface area contributed by atoms with Gasteiger partial charge in [-0.1, -0.05) is 13.8 Å². The second-order valence-electron chi connectivity index (χ2n) is 2.02. The molecule has 1 aromatic rings. The molecule has 48 valence electrons. The molecule has 0 fully saturated rings. The van der Waals surface area contributed by atoms with Crippen LogP contribution in [-0.4, -0.2) is 0 Å². The van der Waals surface area contributed by atoms with Gasteiger partial charge in [0, 0.05) is 40.4 Å². The third kappa shape index (κ3) is 3.30. The molecule has 0 aromatic heterocycles. The van der Waals surface area contributed by atoms with E-state index in [0.29, 0.717) is 0 Å². The van der Waals surface area contributed by atoms with Crippen molar-refractivity contribution in [2.24, 2.45) is 0 Å². The fourth-order valence-corrected chi connectivity index (χ4v) is 0.731. The molecule has 0 bridgehead atoms. The Balaban J connectivity index is 0.000000640. The normalized spacial score (nSPS) is 8.22. The quantitative estimate of drug-likeness (QED) is 0.623. The van der Waals surface area contributed by atoms with Gasteiger partial charge in [0.1, 0.15) is 0 Å². The van der Waals surface area contributed by atoms with Gasteiger partial charge < -0.3 is 0 Å². The van der Waals surface area contributed by atoms with E-state index in [9.17, 15) is 0 Å². The van der Waals surface area contributed by atoms with E-state index in [4.69, 9.17) is 0 Å². The Bertz CT molecular complexity index is 164. The number of hydrogen-bond donors (Lipinski definition) is 0. The Morgan fingerprint density at radius 1 is 1.11 bits per heavy atom. The molecule has 1 rings (SSSR count). The maximum atomic E-state index is 3.17. The summed E-state index contributed by atoms with van der Waals surface area (Å²) >= 11 is 0. The minimum atomic E-state index is 0. The Labute approximate surface area is 88.8 Å². The Morgan fingerprint density at radius 3 is 1.78 bits per heavy atom. The van der Waals surface area contributed by atoms with Crippen molar-refractivity contribution < 1.29 is 40.4 Å². The first kappa shape index (κ1) is 9.56. The smallest absolute Gasteiger partial charge is 0 e. The number of aryl methyl sites for hydroxylation is 2. The second kappa shape index (κ2) is 4.39. The molecule has 0 atom stereocenters. The summed E-state index contributed by atoms with van der Waals surface area (Å²) in [5, 5.41) is 0. The predicted octanol–water partition coefficient (Wildman–Crippen LogP) is 2.10. The summed E-state index contributed by atoms with van der Waals surface area (Å²) in [5.41, 5.74) is 2.43. The first-order chi connectivity index (χ1) is 3.79. The molecule has 0 aliphatic heterocycles. The van der Waals surface area contributed by atoms with E-state index in [2.05, 4.69) is 6.07 Å². The monoisotopic (exact) mass is 257 g/mol. The second-order valence-corrected chi connectivity index (χ2v) is 2.02. The van der Waals surface area contributed by atoms with Crippen molar-refractivity contribution in [1.29, 1.82) is 0 Å². The molecule has 1 aromatic carbocycles. The van der Waals surface area contributed by atoms with E-state index in [1.54, 1.807) is 0 Å². The molecular formula is C8H9Sm-. The zero-order valence-electron chi connectivity index (χ0n) is 5.64. The van der Waals surface area contributed by atoms with Gasteiger partial charge in [0.05, 0.1) is 0 Å². The molecule has 0 saturated carbocycles. The topological polar surface area (TPSA) is 0 Å². The molecule has 0 amide bonds. The van der Waals surface area contributed by atoms with Crippen LogP contribution in [0.25, 0.3) is 0 Å². The summed E-state index contributed by atoms with van der Waals surface area (Å²) in [4.78, 5) is 0. The molecule has 0 N–H and O–H groups in total. The largest absolute Gasteiger partial charge is 0.177 e. The predicted molar refractivity (Wildman–Crippen MR) is 34.8 cm³/mol. The summed E-state index contributed by atoms with van der Waals surface area (Å²) in [7, 11) is 0. The summed E-state index contributed by atoms with van der Waals surface area (Å²) in [6, 6.07) is 9.31. The molecule has 0 aliphatic carbocycles. The molecule has 0 radical (unpaired) electrons. The molecule has 0 aliphatic rings. The molecule has 0 unspecified atom stereocenters. The van der Waals surface area contributed by atoms with Gasteiger partial charge in [0.25, 0.3) is 0 Å². The van der Waals surface area contributed by atoms with E-state index in [1.807, 2.05) is 32.0 Å². The molecule has 0 spiro atoms. The van der Waals surface area contributed by atoms with E-state index in [-0.39, 0.29) is 40.4 Å². The van der Waals surface area contributed by atoms with Gasteiger partial charge in [0.15, 0.2) is 0 Å². The van der Waals surface area contributed by atoms with Crippen molar-refractivity contribution in [3.05, 3.63) is 35.4 Å². The van der Waals surface area contributed by atoms with Crippen molar-refractivity contribution >= 4 is 0 Å². The fraction of sp³-hybridized carbons (Fsp3) is 0.250. The molecule has 0 saturated heterocycles. The van der Waals surface area contributed by atoms with Gasteiger partial charge in [-0.15, -0.1) is 0 Å². The van der Waals surface area contributed by atoms with Gasteiger partial charge in [-0.2, -0.15) is 35.4 Å². The summed E-state index contributed by atoms with van der Waals surface area (Å²) < 4.78 is 0. The minimum Gasteiger partial charge on any atom is -0.177 e. The Kier molecular flexibility index (Phi) is 4.66. The van der Waals surface area contributed by atoms with Crippen molar-refractivity contribution in [1.82, 2.24) is 0 Å². The van der Waals surface area contributed by atoms with E-state index in [0.717, 1.165) is 0 Å². The standard InChI is InChI=1S/C8H9.Sm/c1-7-4-3-5-8(2)6-7;/h3-5H,1-2H3;/q-1;.